The fraction of sp³-hybridized carbons (Fsp3) is 0.318. The van der Waals surface area contributed by atoms with Gasteiger partial charge in [-0.15, -0.1) is 0 Å². The van der Waals surface area contributed by atoms with E-state index in [0.29, 0.717) is 11.3 Å². The molecule has 0 radical (unpaired) electrons. The van der Waals surface area contributed by atoms with Crippen molar-refractivity contribution in [2.45, 2.75) is 33.1 Å². The van der Waals surface area contributed by atoms with Crippen LogP contribution < -0.4 is 20.9 Å². The predicted molar refractivity (Wildman–Crippen MR) is 110 cm³/mol. The highest BCUT2D eigenvalue weighted by atomic mass is 16.5. The van der Waals surface area contributed by atoms with Gasteiger partial charge in [-0.3, -0.25) is 25.2 Å². The smallest absolute Gasteiger partial charge is 0.276 e. The van der Waals surface area contributed by atoms with E-state index >= 15 is 0 Å². The van der Waals surface area contributed by atoms with E-state index < -0.39 is 11.8 Å². The molecule has 7 heteroatoms. The number of carbonyl (C=O) groups is 3. The number of aryl methyl sites for hydroxylation is 1. The van der Waals surface area contributed by atoms with Crippen LogP contribution in [0.1, 0.15) is 42.3 Å². The second-order valence-electron chi connectivity index (χ2n) is 7.71. The third-order valence-electron chi connectivity index (χ3n) is 4.12. The molecule has 0 spiro atoms. The number of amides is 3. The molecule has 0 saturated heterocycles. The molecule has 2 rings (SSSR count). The number of nitrogens with one attached hydrogen (secondary N) is 3. The SMILES string of the molecule is Cc1cccc(OCC(=O)NNC(=O)CNC(=O)c2ccc(C(C)(C)C)cc2)c1. The molecule has 2 aromatic rings. The highest BCUT2D eigenvalue weighted by Crippen LogP contribution is 2.22. The zero-order chi connectivity index (χ0) is 21.4. The maximum absolute atomic E-state index is 12.1. The Morgan fingerprint density at radius 1 is 0.931 bits per heavy atom. The van der Waals surface area contributed by atoms with Crippen molar-refractivity contribution in [3.8, 4) is 5.75 Å². The molecule has 0 atom stereocenters. The molecule has 3 amide bonds. The van der Waals surface area contributed by atoms with Crippen molar-refractivity contribution in [3.05, 3.63) is 65.2 Å². The van der Waals surface area contributed by atoms with Gasteiger partial charge in [0.2, 0.25) is 0 Å². The van der Waals surface area contributed by atoms with E-state index in [1.807, 2.05) is 31.2 Å². The quantitative estimate of drug-likeness (QED) is 0.652. The van der Waals surface area contributed by atoms with E-state index in [2.05, 4.69) is 36.9 Å². The minimum Gasteiger partial charge on any atom is -0.484 e. The Labute approximate surface area is 170 Å². The lowest BCUT2D eigenvalue weighted by Crippen LogP contribution is -2.47. The number of hydrogen-bond donors (Lipinski definition) is 3. The fourth-order valence-corrected chi connectivity index (χ4v) is 2.46. The maximum atomic E-state index is 12.1. The van der Waals surface area contributed by atoms with Crippen LogP contribution in [0.5, 0.6) is 5.75 Å². The van der Waals surface area contributed by atoms with E-state index in [0.717, 1.165) is 11.1 Å². The van der Waals surface area contributed by atoms with Crippen LogP contribution in [-0.4, -0.2) is 30.9 Å². The average Bonchev–Trinajstić information content (AvgIpc) is 2.68. The zero-order valence-corrected chi connectivity index (χ0v) is 17.2. The monoisotopic (exact) mass is 397 g/mol. The van der Waals surface area contributed by atoms with Crippen molar-refractivity contribution in [1.82, 2.24) is 16.2 Å². The highest BCUT2D eigenvalue weighted by molar-refractivity contribution is 5.96. The van der Waals surface area contributed by atoms with E-state index in [1.165, 1.54) is 0 Å². The van der Waals surface area contributed by atoms with Gasteiger partial charge in [0, 0.05) is 5.56 Å². The molecular formula is C22H27N3O4. The number of rotatable bonds is 6. The largest absolute Gasteiger partial charge is 0.484 e. The average molecular weight is 397 g/mol. The molecule has 0 saturated carbocycles. The Kier molecular flexibility index (Phi) is 7.36. The molecule has 0 fully saturated rings. The first kappa shape index (κ1) is 21.9. The van der Waals surface area contributed by atoms with Gasteiger partial charge in [0.25, 0.3) is 17.7 Å². The van der Waals surface area contributed by atoms with Gasteiger partial charge in [0.1, 0.15) is 5.75 Å². The van der Waals surface area contributed by atoms with Crippen LogP contribution in [0.25, 0.3) is 0 Å². The molecule has 154 valence electrons. The van der Waals surface area contributed by atoms with Gasteiger partial charge in [-0.1, -0.05) is 45.0 Å². The molecular weight excluding hydrogens is 370 g/mol. The summed E-state index contributed by atoms with van der Waals surface area (Å²) in [6.45, 7) is 7.68. The van der Waals surface area contributed by atoms with Crippen LogP contribution in [0.4, 0.5) is 0 Å². The van der Waals surface area contributed by atoms with E-state index in [9.17, 15) is 14.4 Å². The predicted octanol–water partition coefficient (Wildman–Crippen LogP) is 2.25. The van der Waals surface area contributed by atoms with Gasteiger partial charge < -0.3 is 10.1 Å². The summed E-state index contributed by atoms with van der Waals surface area (Å²) in [5, 5.41) is 2.51. The summed E-state index contributed by atoms with van der Waals surface area (Å²) < 4.78 is 5.34. The topological polar surface area (TPSA) is 96.5 Å². The summed E-state index contributed by atoms with van der Waals surface area (Å²) >= 11 is 0. The summed E-state index contributed by atoms with van der Waals surface area (Å²) in [5.41, 5.74) is 7.06. The minimum atomic E-state index is -0.548. The van der Waals surface area contributed by atoms with E-state index in [-0.39, 0.29) is 24.5 Å². The van der Waals surface area contributed by atoms with Crippen molar-refractivity contribution < 1.29 is 19.1 Å². The molecule has 0 bridgehead atoms. The summed E-state index contributed by atoms with van der Waals surface area (Å²) in [5.74, 6) is -0.858. The molecule has 29 heavy (non-hydrogen) atoms. The van der Waals surface area contributed by atoms with Crippen molar-refractivity contribution in [3.63, 3.8) is 0 Å². The summed E-state index contributed by atoms with van der Waals surface area (Å²) in [7, 11) is 0. The molecule has 0 aliphatic rings. The van der Waals surface area contributed by atoms with Gasteiger partial charge in [0.15, 0.2) is 6.61 Å². The molecule has 0 heterocycles. The van der Waals surface area contributed by atoms with Gasteiger partial charge in [-0.05, 0) is 47.7 Å². The van der Waals surface area contributed by atoms with Crippen LogP contribution in [0.3, 0.4) is 0 Å². The van der Waals surface area contributed by atoms with Gasteiger partial charge in [-0.2, -0.15) is 0 Å². The lowest BCUT2D eigenvalue weighted by molar-refractivity contribution is -0.129. The number of carbonyl (C=O) groups excluding carboxylic acids is 3. The minimum absolute atomic E-state index is 0.00382. The zero-order valence-electron chi connectivity index (χ0n) is 17.2. The van der Waals surface area contributed by atoms with Crippen LogP contribution in [0, 0.1) is 6.92 Å². The Morgan fingerprint density at radius 3 is 2.21 bits per heavy atom. The van der Waals surface area contributed by atoms with E-state index in [4.69, 9.17) is 4.74 Å². The third-order valence-corrected chi connectivity index (χ3v) is 4.12. The fourth-order valence-electron chi connectivity index (χ4n) is 2.46. The number of hydrazine groups is 1. The summed E-state index contributed by atoms with van der Waals surface area (Å²) in [4.78, 5) is 35.7. The third kappa shape index (κ3) is 7.29. The second-order valence-corrected chi connectivity index (χ2v) is 7.71. The lowest BCUT2D eigenvalue weighted by Gasteiger charge is -2.19. The Bertz CT molecular complexity index is 870. The Morgan fingerprint density at radius 2 is 1.59 bits per heavy atom. The van der Waals surface area contributed by atoms with E-state index in [1.54, 1.807) is 24.3 Å². The first-order chi connectivity index (χ1) is 13.6. The maximum Gasteiger partial charge on any atom is 0.276 e. The Balaban J connectivity index is 1.71. The first-order valence-electron chi connectivity index (χ1n) is 9.31. The van der Waals surface area contributed by atoms with Crippen molar-refractivity contribution in [2.75, 3.05) is 13.2 Å². The van der Waals surface area contributed by atoms with Crippen molar-refractivity contribution in [2.24, 2.45) is 0 Å². The van der Waals surface area contributed by atoms with Crippen LogP contribution >= 0.6 is 0 Å². The first-order valence-corrected chi connectivity index (χ1v) is 9.31. The lowest BCUT2D eigenvalue weighted by atomic mass is 9.87. The molecule has 2 aromatic carbocycles. The van der Waals surface area contributed by atoms with Crippen LogP contribution in [0.2, 0.25) is 0 Å². The summed E-state index contributed by atoms with van der Waals surface area (Å²) in [6, 6.07) is 14.5. The number of hydrogen-bond acceptors (Lipinski definition) is 4. The number of ether oxygens (including phenoxy) is 1. The van der Waals surface area contributed by atoms with Crippen molar-refractivity contribution >= 4 is 17.7 Å². The van der Waals surface area contributed by atoms with Gasteiger partial charge >= 0.3 is 0 Å². The molecule has 0 aromatic heterocycles. The molecule has 3 N–H and O–H groups in total. The van der Waals surface area contributed by atoms with Crippen molar-refractivity contribution in [1.29, 1.82) is 0 Å². The molecule has 0 aliphatic heterocycles. The van der Waals surface area contributed by atoms with Gasteiger partial charge in [0.05, 0.1) is 6.54 Å². The molecule has 0 aliphatic carbocycles. The molecule has 0 unspecified atom stereocenters. The van der Waals surface area contributed by atoms with Crippen LogP contribution in [-0.2, 0) is 15.0 Å². The second kappa shape index (κ2) is 9.73. The normalized spacial score (nSPS) is 10.8. The van der Waals surface area contributed by atoms with Crippen LogP contribution in [0.15, 0.2) is 48.5 Å². The highest BCUT2D eigenvalue weighted by Gasteiger charge is 2.14. The summed E-state index contributed by atoms with van der Waals surface area (Å²) in [6.07, 6.45) is 0. The van der Waals surface area contributed by atoms with Gasteiger partial charge in [-0.25, -0.2) is 0 Å². The Hall–Kier alpha value is -3.35. The molecule has 7 nitrogen and oxygen atoms in total. The number of benzene rings is 2. The standard InChI is InChI=1S/C22H27N3O4/c1-15-6-5-7-18(12-15)29-14-20(27)25-24-19(26)13-23-21(28)16-8-10-17(11-9-16)22(2,3)4/h5-12H,13-14H2,1-4H3,(H,23,28)(H,24,26)(H,25,27).